The first-order valence-electron chi connectivity index (χ1n) is 6.20. The van der Waals surface area contributed by atoms with Gasteiger partial charge in [0.2, 0.25) is 0 Å². The second kappa shape index (κ2) is 6.18. The lowest BCUT2D eigenvalue weighted by atomic mass is 9.78. The van der Waals surface area contributed by atoms with E-state index < -0.39 is 5.41 Å². The molecule has 0 atom stereocenters. The predicted octanol–water partition coefficient (Wildman–Crippen LogP) is 6.46. The summed E-state index contributed by atoms with van der Waals surface area (Å²) in [4.78, 5) is 12.9. The van der Waals surface area contributed by atoms with Crippen LogP contribution in [0.1, 0.15) is 29.8 Å². The molecule has 1 nitrogen and oxygen atoms in total. The third-order valence-corrected chi connectivity index (χ3v) is 4.96. The van der Waals surface area contributed by atoms with Crippen molar-refractivity contribution < 1.29 is 4.79 Å². The van der Waals surface area contributed by atoms with Crippen molar-refractivity contribution in [3.8, 4) is 0 Å². The van der Waals surface area contributed by atoms with Gasteiger partial charge >= 0.3 is 0 Å². The molecule has 0 bridgehead atoms. The van der Waals surface area contributed by atoms with Gasteiger partial charge in [0.1, 0.15) is 0 Å². The molecule has 110 valence electrons. The Balaban J connectivity index is 2.58. The maximum absolute atomic E-state index is 12.9. The molecule has 2 rings (SSSR count). The third-order valence-electron chi connectivity index (χ3n) is 3.40. The molecule has 21 heavy (non-hydrogen) atoms. The first kappa shape index (κ1) is 16.6. The van der Waals surface area contributed by atoms with E-state index in [1.807, 2.05) is 44.2 Å². The lowest BCUT2D eigenvalue weighted by molar-refractivity contribution is 0.0909. The molecule has 0 saturated heterocycles. The molecule has 0 heterocycles. The lowest BCUT2D eigenvalue weighted by Gasteiger charge is -2.25. The van der Waals surface area contributed by atoms with Gasteiger partial charge in [0, 0.05) is 0 Å². The Morgan fingerprint density at radius 1 is 0.905 bits per heavy atom. The zero-order chi connectivity index (χ0) is 15.8. The van der Waals surface area contributed by atoms with Gasteiger partial charge < -0.3 is 0 Å². The van der Waals surface area contributed by atoms with Crippen LogP contribution in [0.2, 0.25) is 20.1 Å². The minimum Gasteiger partial charge on any atom is -0.293 e. The lowest BCUT2D eigenvalue weighted by Crippen LogP contribution is -2.29. The summed E-state index contributed by atoms with van der Waals surface area (Å²) >= 11 is 24.3. The zero-order valence-electron chi connectivity index (χ0n) is 11.4. The number of hydrogen-bond donors (Lipinski definition) is 0. The Morgan fingerprint density at radius 3 is 2.05 bits per heavy atom. The molecule has 5 heteroatoms. The van der Waals surface area contributed by atoms with Gasteiger partial charge in [-0.2, -0.15) is 0 Å². The topological polar surface area (TPSA) is 17.1 Å². The molecule has 0 spiro atoms. The molecule has 0 aromatic heterocycles. The maximum Gasteiger partial charge on any atom is 0.175 e. The summed E-state index contributed by atoms with van der Waals surface area (Å²) in [6.45, 7) is 3.64. The summed E-state index contributed by atoms with van der Waals surface area (Å²) in [5, 5.41) is 0.641. The fraction of sp³-hybridized carbons (Fsp3) is 0.188. The summed E-state index contributed by atoms with van der Waals surface area (Å²) in [6, 6.07) is 10.9. The fourth-order valence-electron chi connectivity index (χ4n) is 2.07. The van der Waals surface area contributed by atoms with E-state index in [1.165, 1.54) is 6.07 Å². The average Bonchev–Trinajstić information content (AvgIpc) is 2.45. The van der Waals surface area contributed by atoms with Gasteiger partial charge in [-0.05, 0) is 25.5 Å². The molecule has 0 aliphatic rings. The summed E-state index contributed by atoms with van der Waals surface area (Å²) in [5.74, 6) is -0.206. The van der Waals surface area contributed by atoms with E-state index in [0.29, 0.717) is 0 Å². The van der Waals surface area contributed by atoms with E-state index >= 15 is 0 Å². The van der Waals surface area contributed by atoms with Crippen LogP contribution in [0.4, 0.5) is 0 Å². The van der Waals surface area contributed by atoms with E-state index in [0.717, 1.165) is 5.56 Å². The average molecular weight is 362 g/mol. The number of benzene rings is 2. The monoisotopic (exact) mass is 360 g/mol. The highest BCUT2D eigenvalue weighted by Gasteiger charge is 2.34. The smallest absolute Gasteiger partial charge is 0.175 e. The van der Waals surface area contributed by atoms with Crippen LogP contribution in [-0.2, 0) is 5.41 Å². The van der Waals surface area contributed by atoms with E-state index in [-0.39, 0.29) is 31.4 Å². The van der Waals surface area contributed by atoms with Crippen LogP contribution in [0.25, 0.3) is 0 Å². The molecule has 2 aromatic rings. The molecular weight excluding hydrogens is 350 g/mol. The minimum absolute atomic E-state index is 0.0863. The van der Waals surface area contributed by atoms with Crippen LogP contribution in [0.15, 0.2) is 36.4 Å². The molecule has 0 N–H and O–H groups in total. The second-order valence-corrected chi connectivity index (χ2v) is 6.73. The van der Waals surface area contributed by atoms with E-state index in [1.54, 1.807) is 0 Å². The summed E-state index contributed by atoms with van der Waals surface area (Å²) < 4.78 is 0. The van der Waals surface area contributed by atoms with Crippen LogP contribution in [-0.4, -0.2) is 5.78 Å². The van der Waals surface area contributed by atoms with Crippen molar-refractivity contribution in [1.82, 2.24) is 0 Å². The number of ketones is 1. The minimum atomic E-state index is -0.786. The number of Topliss-reactive ketones (excluding diaryl/α,β-unsaturated/α-hetero) is 1. The van der Waals surface area contributed by atoms with Crippen molar-refractivity contribution in [2.45, 2.75) is 19.3 Å². The molecule has 0 aliphatic heterocycles. The first-order chi connectivity index (χ1) is 9.76. The maximum atomic E-state index is 12.9. The molecule has 0 radical (unpaired) electrons. The van der Waals surface area contributed by atoms with E-state index in [2.05, 4.69) is 0 Å². The van der Waals surface area contributed by atoms with Crippen molar-refractivity contribution in [1.29, 1.82) is 0 Å². The Bertz CT molecular complexity index is 693. The van der Waals surface area contributed by atoms with Gasteiger partial charge in [-0.3, -0.25) is 4.79 Å². The van der Waals surface area contributed by atoms with Crippen LogP contribution < -0.4 is 0 Å². The molecule has 2 aromatic carbocycles. The van der Waals surface area contributed by atoms with Crippen molar-refractivity contribution in [2.24, 2.45) is 0 Å². The normalized spacial score (nSPS) is 11.5. The third kappa shape index (κ3) is 3.07. The highest BCUT2D eigenvalue weighted by Crippen LogP contribution is 2.40. The second-order valence-electron chi connectivity index (χ2n) is 5.16. The number of halogens is 4. The Morgan fingerprint density at radius 2 is 1.48 bits per heavy atom. The number of rotatable bonds is 3. The summed E-state index contributed by atoms with van der Waals surface area (Å²) in [5.41, 5.74) is 0.279. The zero-order valence-corrected chi connectivity index (χ0v) is 14.4. The van der Waals surface area contributed by atoms with Crippen molar-refractivity contribution >= 4 is 52.2 Å². The predicted molar refractivity (Wildman–Crippen MR) is 90.3 cm³/mol. The molecular formula is C16H12Cl4O. The SMILES string of the molecule is CC(C)(C(=O)c1c(Cl)cc(Cl)c(Cl)c1Cl)c1ccccc1. The van der Waals surface area contributed by atoms with Crippen molar-refractivity contribution in [3.63, 3.8) is 0 Å². The van der Waals surface area contributed by atoms with Crippen molar-refractivity contribution in [2.75, 3.05) is 0 Å². The van der Waals surface area contributed by atoms with Gasteiger partial charge in [0.15, 0.2) is 5.78 Å². The quantitative estimate of drug-likeness (QED) is 0.348. The summed E-state index contributed by atoms with van der Waals surface area (Å²) in [7, 11) is 0. The number of carbonyl (C=O) groups excluding carboxylic acids is 1. The molecule has 0 saturated carbocycles. The Hall–Kier alpha value is -0.730. The van der Waals surface area contributed by atoms with Crippen molar-refractivity contribution in [3.05, 3.63) is 67.6 Å². The molecule has 0 aliphatic carbocycles. The molecule has 0 fully saturated rings. The van der Waals surface area contributed by atoms with Gasteiger partial charge in [0.05, 0.1) is 31.1 Å². The van der Waals surface area contributed by atoms with Crippen LogP contribution in [0.5, 0.6) is 0 Å². The molecule has 0 amide bonds. The number of hydrogen-bond acceptors (Lipinski definition) is 1. The van der Waals surface area contributed by atoms with E-state index in [9.17, 15) is 4.79 Å². The van der Waals surface area contributed by atoms with Gasteiger partial charge in [-0.25, -0.2) is 0 Å². The Labute approximate surface area is 143 Å². The largest absolute Gasteiger partial charge is 0.293 e. The highest BCUT2D eigenvalue weighted by atomic mass is 35.5. The van der Waals surface area contributed by atoms with Gasteiger partial charge in [0.25, 0.3) is 0 Å². The van der Waals surface area contributed by atoms with Crippen LogP contribution in [0.3, 0.4) is 0 Å². The highest BCUT2D eigenvalue weighted by molar-refractivity contribution is 6.51. The first-order valence-corrected chi connectivity index (χ1v) is 7.71. The van der Waals surface area contributed by atoms with Crippen LogP contribution in [0, 0.1) is 0 Å². The fourth-order valence-corrected chi connectivity index (χ4v) is 3.16. The van der Waals surface area contributed by atoms with E-state index in [4.69, 9.17) is 46.4 Å². The standard InChI is InChI=1S/C16H12Cl4O/c1-16(2,9-6-4-3-5-7-9)15(21)12-10(17)8-11(18)13(19)14(12)20/h3-8H,1-2H3. The molecule has 0 unspecified atom stereocenters. The summed E-state index contributed by atoms with van der Waals surface area (Å²) in [6.07, 6.45) is 0. The van der Waals surface area contributed by atoms with Gasteiger partial charge in [-0.1, -0.05) is 76.7 Å². The van der Waals surface area contributed by atoms with Gasteiger partial charge in [-0.15, -0.1) is 0 Å². The van der Waals surface area contributed by atoms with Crippen LogP contribution >= 0.6 is 46.4 Å². The Kier molecular flexibility index (Phi) is 4.89. The number of carbonyl (C=O) groups is 1.